The van der Waals surface area contributed by atoms with Crippen LogP contribution >= 0.6 is 20.8 Å². The number of piperidine rings is 1. The number of methoxy groups -OCH3 is 1. The SMILES string of the molecule is C1CC1.C1CC1.C=C1c2cc(P)c(C)cc2C(=O)N1C1CCC(=O)NC1=CC.CC(=O)CCCCCCCCC=O.CCC/C(N)=C/C=C(\N)C=O.CCCCN(CCC)CC(CCC)CCC.COC.N#Cc1ccc(OC2CCCCC2)cc1Cl. The largest absolute Gasteiger partial charge is 0.490 e. The highest BCUT2D eigenvalue weighted by Gasteiger charge is 2.39. The Kier molecular flexibility index (Phi) is 49.7. The van der Waals surface area contributed by atoms with Gasteiger partial charge in [-0.1, -0.05) is 155 Å². The Bertz CT molecular complexity index is 2330. The first kappa shape index (κ1) is 81.9. The number of nitrogens with zero attached hydrogens (tertiary/aromatic N) is 3. The summed E-state index contributed by atoms with van der Waals surface area (Å²) in [7, 11) is 5.94. The smallest absolute Gasteiger partial charge is 0.259 e. The number of hydrogen-bond donors (Lipinski definition) is 3. The second-order valence-electron chi connectivity index (χ2n) is 23.3. The Morgan fingerprint density at radius 2 is 1.41 bits per heavy atom. The van der Waals surface area contributed by atoms with Gasteiger partial charge in [-0.05, 0) is 164 Å². The molecule has 490 valence electrons. The van der Waals surface area contributed by atoms with E-state index in [9.17, 15) is 24.0 Å². The van der Waals surface area contributed by atoms with Crippen LogP contribution in [0.3, 0.4) is 0 Å². The predicted molar refractivity (Wildman–Crippen MR) is 369 cm³/mol. The van der Waals surface area contributed by atoms with E-state index in [2.05, 4.69) is 58.5 Å². The Morgan fingerprint density at radius 1 is 0.816 bits per heavy atom. The second kappa shape index (κ2) is 52.8. The van der Waals surface area contributed by atoms with Crippen LogP contribution in [0.5, 0.6) is 5.75 Å². The van der Waals surface area contributed by atoms with E-state index >= 15 is 0 Å². The summed E-state index contributed by atoms with van der Waals surface area (Å²) < 4.78 is 10.1. The number of carbonyl (C=O) groups excluding carboxylic acids is 5. The van der Waals surface area contributed by atoms with E-state index in [1.165, 1.54) is 141 Å². The van der Waals surface area contributed by atoms with Crippen LogP contribution in [-0.4, -0.2) is 86.0 Å². The van der Waals surface area contributed by atoms with E-state index in [0.29, 0.717) is 59.3 Å². The van der Waals surface area contributed by atoms with Crippen molar-refractivity contribution in [3.63, 3.8) is 0 Å². The van der Waals surface area contributed by atoms with E-state index < -0.39 is 0 Å². The lowest BCUT2D eigenvalue weighted by molar-refractivity contribution is -0.122. The summed E-state index contributed by atoms with van der Waals surface area (Å²) in [5, 5.41) is 13.2. The van der Waals surface area contributed by atoms with Crippen LogP contribution in [0.2, 0.25) is 5.02 Å². The average molecular weight is 1250 g/mol. The van der Waals surface area contributed by atoms with E-state index in [1.807, 2.05) is 51.1 Å². The first-order valence-corrected chi connectivity index (χ1v) is 34.0. The Morgan fingerprint density at radius 3 is 1.92 bits per heavy atom. The molecule has 2 heterocycles. The zero-order chi connectivity index (χ0) is 65.2. The van der Waals surface area contributed by atoms with Gasteiger partial charge in [-0.2, -0.15) is 5.26 Å². The van der Waals surface area contributed by atoms with Gasteiger partial charge in [0, 0.05) is 74.3 Å². The molecule has 2 unspecified atom stereocenters. The fourth-order valence-corrected chi connectivity index (χ4v) is 10.0. The van der Waals surface area contributed by atoms with Crippen molar-refractivity contribution >= 4 is 62.0 Å². The lowest BCUT2D eigenvalue weighted by Crippen LogP contribution is -2.45. The van der Waals surface area contributed by atoms with Crippen LogP contribution in [-0.2, 0) is 23.9 Å². The number of nitrogens with two attached hydrogens (primary N) is 2. The molecule has 0 aromatic heterocycles. The van der Waals surface area contributed by atoms with Crippen molar-refractivity contribution in [2.24, 2.45) is 17.4 Å². The first-order chi connectivity index (χ1) is 41.9. The third-order valence-electron chi connectivity index (χ3n) is 14.5. The third-order valence-corrected chi connectivity index (χ3v) is 15.5. The number of Topliss-reactive ketones (excluding diaryl/α,β-unsaturated/α-hetero) is 1. The lowest BCUT2D eigenvalue weighted by Gasteiger charge is -2.34. The normalized spacial score (nSPS) is 16.1. The number of aldehydes is 2. The van der Waals surface area contributed by atoms with E-state index in [4.69, 9.17) is 33.1 Å². The lowest BCUT2D eigenvalue weighted by atomic mass is 9.97. The molecule has 0 bridgehead atoms. The van der Waals surface area contributed by atoms with Gasteiger partial charge in [-0.3, -0.25) is 19.3 Å². The number of benzene rings is 2. The first-order valence-electron chi connectivity index (χ1n) is 33.1. The number of rotatable bonds is 27. The van der Waals surface area contributed by atoms with Gasteiger partial charge >= 0.3 is 0 Å². The highest BCUT2D eigenvalue weighted by Crippen LogP contribution is 2.37. The molecule has 13 nitrogen and oxygen atoms in total. The minimum atomic E-state index is -0.150. The average Bonchev–Trinajstić information content (AvgIpc) is 1.80. The second-order valence-corrected chi connectivity index (χ2v) is 24.3. The van der Waals surface area contributed by atoms with Crippen molar-refractivity contribution in [3.8, 4) is 11.8 Å². The summed E-state index contributed by atoms with van der Waals surface area (Å²) in [6.07, 6.45) is 42.6. The van der Waals surface area contributed by atoms with Gasteiger partial charge in [-0.25, -0.2) is 0 Å². The minimum absolute atomic E-state index is 0.00205. The van der Waals surface area contributed by atoms with Gasteiger partial charge in [0.1, 0.15) is 23.9 Å². The van der Waals surface area contributed by atoms with E-state index in [1.54, 1.807) is 44.3 Å². The van der Waals surface area contributed by atoms with E-state index in [0.717, 1.165) is 104 Å². The number of nitriles is 1. The number of carbonyl (C=O) groups is 5. The number of halogens is 1. The summed E-state index contributed by atoms with van der Waals surface area (Å²) in [5.74, 6) is 1.98. The number of amides is 2. The molecule has 0 radical (unpaired) electrons. The van der Waals surface area contributed by atoms with Crippen molar-refractivity contribution < 1.29 is 33.4 Å². The van der Waals surface area contributed by atoms with Crippen molar-refractivity contribution in [1.82, 2.24) is 15.1 Å². The number of fused-ring (bicyclic) bond motifs is 1. The van der Waals surface area contributed by atoms with Crippen LogP contribution in [0.4, 0.5) is 0 Å². The highest BCUT2D eigenvalue weighted by molar-refractivity contribution is 7.27. The van der Waals surface area contributed by atoms with Gasteiger partial charge in [-0.15, -0.1) is 9.24 Å². The number of nitrogens with one attached hydrogen (secondary N) is 1. The van der Waals surface area contributed by atoms with E-state index in [-0.39, 0.29) is 23.6 Å². The molecular formula is C72H118ClN6O7P. The quantitative estimate of drug-likeness (QED) is 0.0253. The monoisotopic (exact) mass is 1240 g/mol. The van der Waals surface area contributed by atoms with Crippen LogP contribution < -0.4 is 26.8 Å². The number of ketones is 1. The molecule has 3 aliphatic carbocycles. The predicted octanol–water partition coefficient (Wildman–Crippen LogP) is 16.9. The van der Waals surface area contributed by atoms with Gasteiger partial charge in [0.2, 0.25) is 5.91 Å². The molecule has 4 fully saturated rings. The van der Waals surface area contributed by atoms with Crippen molar-refractivity contribution in [3.05, 3.63) is 99.5 Å². The van der Waals surface area contributed by atoms with Crippen LogP contribution in [0.1, 0.15) is 268 Å². The molecule has 2 aromatic rings. The molecule has 1 saturated heterocycles. The minimum Gasteiger partial charge on any atom is -0.490 e. The molecule has 2 amide bonds. The number of ether oxygens (including phenoxy) is 2. The molecule has 0 spiro atoms. The van der Waals surface area contributed by atoms with Crippen molar-refractivity contribution in [2.45, 2.75) is 260 Å². The fraction of sp³-hybridized carbons (Fsp3) is 0.639. The molecule has 2 aromatic carbocycles. The fourth-order valence-electron chi connectivity index (χ4n) is 9.57. The zero-order valence-corrected chi connectivity index (χ0v) is 57.8. The summed E-state index contributed by atoms with van der Waals surface area (Å²) in [4.78, 5) is 59.4. The molecule has 2 aliphatic heterocycles. The summed E-state index contributed by atoms with van der Waals surface area (Å²) in [5.41, 5.74) is 16.3. The van der Waals surface area contributed by atoms with Crippen LogP contribution in [0, 0.1) is 24.2 Å². The maximum Gasteiger partial charge on any atom is 0.259 e. The summed E-state index contributed by atoms with van der Waals surface area (Å²) in [6.45, 7) is 24.8. The van der Waals surface area contributed by atoms with Crippen molar-refractivity contribution in [2.75, 3.05) is 33.9 Å². The molecule has 87 heavy (non-hydrogen) atoms. The van der Waals surface area contributed by atoms with Gasteiger partial charge in [0.15, 0.2) is 6.29 Å². The maximum absolute atomic E-state index is 12.8. The zero-order valence-electron chi connectivity index (χ0n) is 55.9. The molecule has 5 aliphatic rings. The Balaban J connectivity index is 0.00000104. The molecule has 2 atom stereocenters. The Hall–Kier alpha value is -5.12. The number of unbranched alkanes of at least 4 members (excludes halogenated alkanes) is 7. The molecule has 15 heteroatoms. The third kappa shape index (κ3) is 40.2. The number of aryl methyl sites for hydroxylation is 1. The molecule has 5 N–H and O–H groups in total. The number of allylic oxidation sites excluding steroid dienone is 5. The summed E-state index contributed by atoms with van der Waals surface area (Å²) >= 11 is 5.94. The topological polar surface area (TPSA) is 198 Å². The molecular weight excluding hydrogens is 1130 g/mol. The molecule has 7 rings (SSSR count). The maximum atomic E-state index is 12.8. The van der Waals surface area contributed by atoms with Crippen LogP contribution in [0.15, 0.2) is 72.2 Å². The number of hydrogen-bond acceptors (Lipinski definition) is 11. The highest BCUT2D eigenvalue weighted by atomic mass is 35.5. The summed E-state index contributed by atoms with van der Waals surface area (Å²) in [6, 6.07) is 11.1. The Labute approximate surface area is 535 Å². The van der Waals surface area contributed by atoms with Gasteiger partial charge in [0.05, 0.1) is 28.4 Å². The van der Waals surface area contributed by atoms with Gasteiger partial charge in [0.25, 0.3) is 5.91 Å². The van der Waals surface area contributed by atoms with Crippen molar-refractivity contribution in [1.29, 1.82) is 5.26 Å². The van der Waals surface area contributed by atoms with Gasteiger partial charge < -0.3 is 40.7 Å². The molecule has 3 saturated carbocycles. The van der Waals surface area contributed by atoms with Crippen LogP contribution in [0.25, 0.3) is 5.70 Å². The standard InChI is InChI=1S/C17H19N2O2P.C15H33N.C13H14ClNO.C11H20O2.C8H14N2O.2C3H6.C2H6O/c1-4-13-14(5-6-16(20)18-13)19-10(3)11-8-15(22)9(2)7-12(11)17(19)21;1-5-9-13-16(12-8-4)14-15(10-6-2)11-7-3;14-13-8-12(7-6-10(13)9-15)16-11-4-2-1-3-5-11;1-11(13)9-7-5-3-2-4-6-8-10-12;1-2-3-7(9)4-5-8(10)6-11;2*1-2-3-1;1-3-2/h4,7-8,14H,3,5-6,22H2,1-2H3,(H,18,20);15H,5-14H2,1-4H3;6-8,11H,1-5H2;10H,2-9H2,1H3;4-6H,2-3,9-10H2,1H3;2*1-3H2;1-2H3/b;;;;7-4-,8-5-;;;.